The molecular weight excluding hydrogens is 467 g/mol. The van der Waals surface area contributed by atoms with Gasteiger partial charge >= 0.3 is 0 Å². The van der Waals surface area contributed by atoms with Crippen LogP contribution in [0.1, 0.15) is 0 Å². The van der Waals surface area contributed by atoms with Gasteiger partial charge in [-0.2, -0.15) is 0 Å². The van der Waals surface area contributed by atoms with Gasteiger partial charge in [-0.1, -0.05) is 91.0 Å². The van der Waals surface area contributed by atoms with Gasteiger partial charge in [0.15, 0.2) is 0 Å². The maximum Gasteiger partial charge on any atom is 0.123 e. The minimum atomic E-state index is -0.229. The zero-order valence-electron chi connectivity index (χ0n) is 20.6. The van der Waals surface area contributed by atoms with E-state index in [1.807, 2.05) is 54.6 Å². The van der Waals surface area contributed by atoms with Crippen LogP contribution in [0.15, 0.2) is 140 Å². The Kier molecular flexibility index (Phi) is 5.33. The van der Waals surface area contributed by atoms with E-state index in [0.29, 0.717) is 0 Å². The Balaban J connectivity index is 1.44. The van der Waals surface area contributed by atoms with Crippen molar-refractivity contribution in [1.82, 2.24) is 9.55 Å². The maximum atomic E-state index is 14.2. The van der Waals surface area contributed by atoms with E-state index in [-0.39, 0.29) is 5.82 Å². The highest BCUT2D eigenvalue weighted by molar-refractivity contribution is 6.09. The van der Waals surface area contributed by atoms with Gasteiger partial charge in [-0.25, -0.2) is 9.37 Å². The number of rotatable bonds is 4. The summed E-state index contributed by atoms with van der Waals surface area (Å²) in [6.45, 7) is 0. The molecule has 0 unspecified atom stereocenters. The largest absolute Gasteiger partial charge is 0.309 e. The zero-order valence-corrected chi connectivity index (χ0v) is 20.6. The van der Waals surface area contributed by atoms with Gasteiger partial charge in [0, 0.05) is 27.6 Å². The number of aromatic nitrogens is 2. The summed E-state index contributed by atoms with van der Waals surface area (Å²) in [6, 6.07) is 46.6. The van der Waals surface area contributed by atoms with Crippen molar-refractivity contribution in [3.8, 4) is 39.3 Å². The number of hydrogen-bond donors (Lipinski definition) is 0. The molecule has 2 aromatic heterocycles. The second kappa shape index (κ2) is 9.13. The van der Waals surface area contributed by atoms with Gasteiger partial charge in [-0.3, -0.25) is 0 Å². The van der Waals surface area contributed by atoms with Crippen LogP contribution in [0.4, 0.5) is 4.39 Å². The fourth-order valence-corrected chi connectivity index (χ4v) is 5.26. The SMILES string of the molecule is Fc1ccc2c(c1)c1ccccc1n2-c1cccc(-c2cc(-c3ccccc3)nc(-c3ccccc3)c2)c1. The number of benzene rings is 5. The molecule has 0 aliphatic rings. The minimum Gasteiger partial charge on any atom is -0.309 e. The number of halogens is 1. The van der Waals surface area contributed by atoms with Gasteiger partial charge in [-0.15, -0.1) is 0 Å². The summed E-state index contributed by atoms with van der Waals surface area (Å²) in [5.41, 5.74) is 9.25. The molecule has 0 atom stereocenters. The molecule has 38 heavy (non-hydrogen) atoms. The second-order valence-corrected chi connectivity index (χ2v) is 9.42. The molecule has 0 bridgehead atoms. The van der Waals surface area contributed by atoms with Crippen molar-refractivity contribution in [3.63, 3.8) is 0 Å². The first kappa shape index (κ1) is 22.2. The van der Waals surface area contributed by atoms with Crippen molar-refractivity contribution < 1.29 is 4.39 Å². The first-order chi connectivity index (χ1) is 18.7. The number of hydrogen-bond acceptors (Lipinski definition) is 1. The molecule has 0 aliphatic carbocycles. The molecule has 2 nitrogen and oxygen atoms in total. The molecule has 0 amide bonds. The molecule has 180 valence electrons. The van der Waals surface area contributed by atoms with Crippen LogP contribution in [0.5, 0.6) is 0 Å². The normalized spacial score (nSPS) is 11.3. The number of para-hydroxylation sites is 1. The lowest BCUT2D eigenvalue weighted by atomic mass is 9.99. The van der Waals surface area contributed by atoms with E-state index >= 15 is 0 Å². The molecule has 2 heterocycles. The van der Waals surface area contributed by atoms with E-state index < -0.39 is 0 Å². The molecule has 7 rings (SSSR count). The molecule has 5 aromatic carbocycles. The van der Waals surface area contributed by atoms with Crippen molar-refractivity contribution in [2.24, 2.45) is 0 Å². The van der Waals surface area contributed by atoms with Gasteiger partial charge in [0.2, 0.25) is 0 Å². The highest BCUT2D eigenvalue weighted by Crippen LogP contribution is 2.35. The highest BCUT2D eigenvalue weighted by Gasteiger charge is 2.14. The Morgan fingerprint density at radius 2 is 1.05 bits per heavy atom. The third-order valence-electron chi connectivity index (χ3n) is 7.04. The zero-order chi connectivity index (χ0) is 25.5. The van der Waals surface area contributed by atoms with Gasteiger partial charge < -0.3 is 4.57 Å². The number of fused-ring (bicyclic) bond motifs is 3. The van der Waals surface area contributed by atoms with Crippen LogP contribution >= 0.6 is 0 Å². The predicted molar refractivity (Wildman–Crippen MR) is 155 cm³/mol. The molecule has 0 saturated heterocycles. The Labute approximate surface area is 220 Å². The summed E-state index contributed by atoms with van der Waals surface area (Å²) in [5.74, 6) is -0.229. The van der Waals surface area contributed by atoms with Crippen molar-refractivity contribution in [3.05, 3.63) is 145 Å². The smallest absolute Gasteiger partial charge is 0.123 e. The van der Waals surface area contributed by atoms with Crippen LogP contribution in [-0.4, -0.2) is 9.55 Å². The average molecular weight is 491 g/mol. The Morgan fingerprint density at radius 1 is 0.447 bits per heavy atom. The van der Waals surface area contributed by atoms with E-state index in [1.165, 1.54) is 6.07 Å². The number of nitrogens with zero attached hydrogens (tertiary/aromatic N) is 2. The van der Waals surface area contributed by atoms with E-state index in [0.717, 1.165) is 61.1 Å². The van der Waals surface area contributed by atoms with Crippen molar-refractivity contribution >= 4 is 21.8 Å². The summed E-state index contributed by atoms with van der Waals surface area (Å²) in [6.07, 6.45) is 0. The van der Waals surface area contributed by atoms with E-state index in [2.05, 4.69) is 77.4 Å². The van der Waals surface area contributed by atoms with Crippen LogP contribution in [-0.2, 0) is 0 Å². The summed E-state index contributed by atoms with van der Waals surface area (Å²) >= 11 is 0. The first-order valence-corrected chi connectivity index (χ1v) is 12.7. The fraction of sp³-hybridized carbons (Fsp3) is 0. The molecular formula is C35H23FN2. The average Bonchev–Trinajstić information content (AvgIpc) is 3.31. The van der Waals surface area contributed by atoms with E-state index in [4.69, 9.17) is 4.98 Å². The highest BCUT2D eigenvalue weighted by atomic mass is 19.1. The third-order valence-corrected chi connectivity index (χ3v) is 7.04. The summed E-state index contributed by atoms with van der Waals surface area (Å²) in [5, 5.41) is 1.95. The lowest BCUT2D eigenvalue weighted by Crippen LogP contribution is -1.95. The van der Waals surface area contributed by atoms with Gasteiger partial charge in [0.1, 0.15) is 5.82 Å². The molecule has 7 aromatic rings. The van der Waals surface area contributed by atoms with Crippen LogP contribution in [0.25, 0.3) is 61.1 Å². The van der Waals surface area contributed by atoms with Gasteiger partial charge in [0.05, 0.1) is 22.4 Å². The fourth-order valence-electron chi connectivity index (χ4n) is 5.26. The predicted octanol–water partition coefficient (Wildman–Crippen LogP) is 9.32. The number of pyridine rings is 1. The monoisotopic (exact) mass is 490 g/mol. The van der Waals surface area contributed by atoms with Crippen LogP contribution in [0.3, 0.4) is 0 Å². The van der Waals surface area contributed by atoms with E-state index in [9.17, 15) is 4.39 Å². The summed E-state index contributed by atoms with van der Waals surface area (Å²) < 4.78 is 16.4. The van der Waals surface area contributed by atoms with Gasteiger partial charge in [0.25, 0.3) is 0 Å². The molecule has 0 saturated carbocycles. The summed E-state index contributed by atoms with van der Waals surface area (Å²) in [4.78, 5) is 5.02. The topological polar surface area (TPSA) is 17.8 Å². The Morgan fingerprint density at radius 3 is 1.76 bits per heavy atom. The molecule has 0 aliphatic heterocycles. The maximum absolute atomic E-state index is 14.2. The first-order valence-electron chi connectivity index (χ1n) is 12.7. The van der Waals surface area contributed by atoms with Crippen molar-refractivity contribution in [2.75, 3.05) is 0 Å². The van der Waals surface area contributed by atoms with E-state index in [1.54, 1.807) is 6.07 Å². The molecule has 0 radical (unpaired) electrons. The van der Waals surface area contributed by atoms with Crippen LogP contribution < -0.4 is 0 Å². The van der Waals surface area contributed by atoms with Gasteiger partial charge in [-0.05, 0) is 59.7 Å². The second-order valence-electron chi connectivity index (χ2n) is 9.42. The lowest BCUT2D eigenvalue weighted by molar-refractivity contribution is 0.629. The quantitative estimate of drug-likeness (QED) is 0.240. The molecule has 0 N–H and O–H groups in total. The molecule has 0 spiro atoms. The van der Waals surface area contributed by atoms with Crippen molar-refractivity contribution in [1.29, 1.82) is 0 Å². The molecule has 0 fully saturated rings. The summed E-state index contributed by atoms with van der Waals surface area (Å²) in [7, 11) is 0. The third kappa shape index (κ3) is 3.86. The molecule has 3 heteroatoms. The van der Waals surface area contributed by atoms with Crippen LogP contribution in [0, 0.1) is 5.82 Å². The van der Waals surface area contributed by atoms with Crippen LogP contribution in [0.2, 0.25) is 0 Å². The van der Waals surface area contributed by atoms with Crippen molar-refractivity contribution in [2.45, 2.75) is 0 Å². The minimum absolute atomic E-state index is 0.229. The Hall–Kier alpha value is -5.02. The Bertz CT molecular complexity index is 1860. The standard InChI is InChI=1S/C35H23FN2/c36-28-18-19-35-31(23-28)30-16-7-8-17-34(30)38(35)29-15-9-14-26(20-29)27-21-32(24-10-3-1-4-11-24)37-33(22-27)25-12-5-2-6-13-25/h1-23H. The lowest BCUT2D eigenvalue weighted by Gasteiger charge is -2.13.